The monoisotopic (exact) mass is 285 g/mol. The molecule has 0 atom stereocenters. The third-order valence-electron chi connectivity index (χ3n) is 3.30. The lowest BCUT2D eigenvalue weighted by Crippen LogP contribution is -2.26. The maximum atomic E-state index is 10.9. The van der Waals surface area contributed by atoms with Crippen molar-refractivity contribution in [3.63, 3.8) is 0 Å². The molecular weight excluding hydrogens is 270 g/mol. The van der Waals surface area contributed by atoms with E-state index in [1.807, 2.05) is 31.2 Å². The summed E-state index contributed by atoms with van der Waals surface area (Å²) in [5, 5.41) is 9.88. The van der Waals surface area contributed by atoms with Crippen LogP contribution in [0.25, 0.3) is 22.1 Å². The third-order valence-corrected chi connectivity index (χ3v) is 3.30. The fraction of sp³-hybridized carbons (Fsp3) is 0.267. The van der Waals surface area contributed by atoms with Gasteiger partial charge in [0, 0.05) is 18.9 Å². The quantitative estimate of drug-likeness (QED) is 0.793. The van der Waals surface area contributed by atoms with Crippen molar-refractivity contribution in [3.05, 3.63) is 30.1 Å². The van der Waals surface area contributed by atoms with Crippen LogP contribution in [0.2, 0.25) is 0 Å². The number of carbonyl (C=O) groups is 1. The summed E-state index contributed by atoms with van der Waals surface area (Å²) >= 11 is 0. The fourth-order valence-electron chi connectivity index (χ4n) is 2.32. The predicted octanol–water partition coefficient (Wildman–Crippen LogP) is 2.46. The first kappa shape index (κ1) is 13.4. The van der Waals surface area contributed by atoms with Gasteiger partial charge in [-0.3, -0.25) is 4.79 Å². The summed E-state index contributed by atoms with van der Waals surface area (Å²) in [4.78, 5) is 21.4. The van der Waals surface area contributed by atoms with Gasteiger partial charge in [0.15, 0.2) is 11.4 Å². The van der Waals surface area contributed by atoms with Crippen LogP contribution in [0.4, 0.5) is 5.82 Å². The molecule has 0 saturated carbocycles. The highest BCUT2D eigenvalue weighted by Gasteiger charge is 2.18. The minimum atomic E-state index is -0.918. The lowest BCUT2D eigenvalue weighted by molar-refractivity contribution is -0.135. The van der Waals surface area contributed by atoms with Crippen molar-refractivity contribution in [2.24, 2.45) is 0 Å². The Balaban J connectivity index is 2.29. The van der Waals surface area contributed by atoms with Crippen LogP contribution in [-0.2, 0) is 11.2 Å². The normalized spacial score (nSPS) is 11.1. The number of aryl methyl sites for hydroxylation is 1. The molecule has 0 spiro atoms. The second-order valence-electron chi connectivity index (χ2n) is 4.84. The summed E-state index contributed by atoms with van der Waals surface area (Å²) in [6.45, 7) is 1.82. The molecule has 0 radical (unpaired) electrons. The molecule has 1 N–H and O–H groups in total. The summed E-state index contributed by atoms with van der Waals surface area (Å²) in [5.74, 6) is 0.259. The van der Waals surface area contributed by atoms with Crippen LogP contribution in [0, 0.1) is 0 Å². The average Bonchev–Trinajstić information content (AvgIpc) is 2.84. The standard InChI is InChI=1S/C15H15N3O3/c1-3-11-16-13-9-6-4-5-7-10(9)21-14(13)15(17-11)18(2)8-12(19)20/h4-7H,3,8H2,1-2H3,(H,19,20). The minimum absolute atomic E-state index is 0.147. The number of nitrogens with zero attached hydrogens (tertiary/aromatic N) is 3. The second kappa shape index (κ2) is 5.05. The van der Waals surface area contributed by atoms with Crippen molar-refractivity contribution < 1.29 is 14.3 Å². The lowest BCUT2D eigenvalue weighted by Gasteiger charge is -2.16. The van der Waals surface area contributed by atoms with E-state index in [0.717, 1.165) is 16.5 Å². The molecule has 0 aliphatic rings. The van der Waals surface area contributed by atoms with Crippen LogP contribution in [-0.4, -0.2) is 34.6 Å². The van der Waals surface area contributed by atoms with Gasteiger partial charge in [-0.2, -0.15) is 0 Å². The Kier molecular flexibility index (Phi) is 3.21. The van der Waals surface area contributed by atoms with Gasteiger partial charge in [0.1, 0.15) is 23.5 Å². The Morgan fingerprint density at radius 3 is 2.81 bits per heavy atom. The SMILES string of the molecule is CCc1nc(N(C)CC(=O)O)c2oc3ccccc3c2n1. The van der Waals surface area contributed by atoms with E-state index in [2.05, 4.69) is 9.97 Å². The number of para-hydroxylation sites is 1. The molecule has 6 heteroatoms. The zero-order chi connectivity index (χ0) is 15.0. The topological polar surface area (TPSA) is 79.5 Å². The molecule has 108 valence electrons. The zero-order valence-corrected chi connectivity index (χ0v) is 11.8. The fourth-order valence-corrected chi connectivity index (χ4v) is 2.32. The van der Waals surface area contributed by atoms with Crippen LogP contribution in [0.3, 0.4) is 0 Å². The summed E-state index contributed by atoms with van der Waals surface area (Å²) in [5.41, 5.74) is 1.97. The molecule has 2 heterocycles. The molecule has 0 aliphatic carbocycles. The van der Waals surface area contributed by atoms with Gasteiger partial charge >= 0.3 is 5.97 Å². The summed E-state index contributed by atoms with van der Waals surface area (Å²) in [7, 11) is 1.68. The molecular formula is C15H15N3O3. The number of aliphatic carboxylic acids is 1. The maximum Gasteiger partial charge on any atom is 0.323 e. The van der Waals surface area contributed by atoms with Crippen molar-refractivity contribution in [2.75, 3.05) is 18.5 Å². The summed E-state index contributed by atoms with van der Waals surface area (Å²) in [6, 6.07) is 7.61. The molecule has 0 unspecified atom stereocenters. The van der Waals surface area contributed by atoms with Gasteiger partial charge in [-0.25, -0.2) is 9.97 Å². The second-order valence-corrected chi connectivity index (χ2v) is 4.84. The Hall–Kier alpha value is -2.63. The Morgan fingerprint density at radius 2 is 2.10 bits per heavy atom. The first-order valence-corrected chi connectivity index (χ1v) is 6.71. The van der Waals surface area contributed by atoms with Crippen molar-refractivity contribution in [1.82, 2.24) is 9.97 Å². The first-order chi connectivity index (χ1) is 10.1. The molecule has 0 fully saturated rings. The Morgan fingerprint density at radius 1 is 1.33 bits per heavy atom. The molecule has 0 saturated heterocycles. The van der Waals surface area contributed by atoms with Crippen molar-refractivity contribution in [1.29, 1.82) is 0 Å². The molecule has 1 aromatic carbocycles. The number of carboxylic acids is 1. The van der Waals surface area contributed by atoms with E-state index in [4.69, 9.17) is 9.52 Å². The molecule has 3 aromatic rings. The van der Waals surface area contributed by atoms with E-state index in [1.165, 1.54) is 0 Å². The number of anilines is 1. The molecule has 0 aliphatic heterocycles. The zero-order valence-electron chi connectivity index (χ0n) is 11.8. The molecule has 6 nitrogen and oxygen atoms in total. The van der Waals surface area contributed by atoms with E-state index < -0.39 is 5.97 Å². The lowest BCUT2D eigenvalue weighted by atomic mass is 10.2. The number of aromatic nitrogens is 2. The van der Waals surface area contributed by atoms with Crippen LogP contribution >= 0.6 is 0 Å². The van der Waals surface area contributed by atoms with Gasteiger partial charge in [-0.1, -0.05) is 19.1 Å². The van der Waals surface area contributed by atoms with E-state index in [1.54, 1.807) is 11.9 Å². The number of benzene rings is 1. The summed E-state index contributed by atoms with van der Waals surface area (Å²) < 4.78 is 5.83. The summed E-state index contributed by atoms with van der Waals surface area (Å²) in [6.07, 6.45) is 0.670. The minimum Gasteiger partial charge on any atom is -0.480 e. The third kappa shape index (κ3) is 2.29. The number of carboxylic acid groups (broad SMARTS) is 1. The largest absolute Gasteiger partial charge is 0.480 e. The molecule has 21 heavy (non-hydrogen) atoms. The van der Waals surface area contributed by atoms with E-state index in [9.17, 15) is 4.79 Å². The van der Waals surface area contributed by atoms with Gasteiger partial charge in [0.05, 0.1) is 0 Å². The van der Waals surface area contributed by atoms with Crippen LogP contribution < -0.4 is 4.90 Å². The van der Waals surface area contributed by atoms with Crippen LogP contribution in [0.1, 0.15) is 12.7 Å². The smallest absolute Gasteiger partial charge is 0.323 e. The number of likely N-dealkylation sites (N-methyl/N-ethyl adjacent to an activating group) is 1. The maximum absolute atomic E-state index is 10.9. The number of hydrogen-bond donors (Lipinski definition) is 1. The Bertz CT molecular complexity index is 826. The molecule has 0 bridgehead atoms. The first-order valence-electron chi connectivity index (χ1n) is 6.71. The van der Waals surface area contributed by atoms with Gasteiger partial charge in [-0.05, 0) is 12.1 Å². The Labute approximate surface area is 121 Å². The van der Waals surface area contributed by atoms with Crippen molar-refractivity contribution >= 4 is 33.9 Å². The number of hydrogen-bond acceptors (Lipinski definition) is 5. The van der Waals surface area contributed by atoms with Crippen LogP contribution in [0.15, 0.2) is 28.7 Å². The van der Waals surface area contributed by atoms with Crippen LogP contribution in [0.5, 0.6) is 0 Å². The van der Waals surface area contributed by atoms with Crippen molar-refractivity contribution in [3.8, 4) is 0 Å². The van der Waals surface area contributed by atoms with Gasteiger partial charge in [-0.15, -0.1) is 0 Å². The van der Waals surface area contributed by atoms with Gasteiger partial charge in [0.25, 0.3) is 0 Å². The van der Waals surface area contributed by atoms with E-state index in [-0.39, 0.29) is 6.54 Å². The molecule has 3 rings (SSSR count). The van der Waals surface area contributed by atoms with E-state index in [0.29, 0.717) is 23.6 Å². The van der Waals surface area contributed by atoms with Gasteiger partial charge in [0.2, 0.25) is 0 Å². The molecule has 2 aromatic heterocycles. The highest BCUT2D eigenvalue weighted by molar-refractivity contribution is 6.05. The van der Waals surface area contributed by atoms with Crippen molar-refractivity contribution in [2.45, 2.75) is 13.3 Å². The average molecular weight is 285 g/mol. The number of furan rings is 1. The predicted molar refractivity (Wildman–Crippen MR) is 79.6 cm³/mol. The highest BCUT2D eigenvalue weighted by Crippen LogP contribution is 2.32. The molecule has 0 amide bonds. The van der Waals surface area contributed by atoms with E-state index >= 15 is 0 Å². The number of fused-ring (bicyclic) bond motifs is 3. The highest BCUT2D eigenvalue weighted by atomic mass is 16.4. The number of rotatable bonds is 4. The van der Waals surface area contributed by atoms with Gasteiger partial charge < -0.3 is 14.4 Å².